The average Bonchev–Trinajstić information content (AvgIpc) is 2.91. The first kappa shape index (κ1) is 30.8. The van der Waals surface area contributed by atoms with Crippen molar-refractivity contribution in [2.24, 2.45) is 17.6 Å². The number of aromatic hydroxyl groups is 1. The summed E-state index contributed by atoms with van der Waals surface area (Å²) in [5.74, 6) is -2.24. The van der Waals surface area contributed by atoms with E-state index < -0.39 is 36.5 Å². The van der Waals surface area contributed by atoms with E-state index in [0.29, 0.717) is 6.42 Å². The number of ether oxygens (including phenoxy) is 1. The highest BCUT2D eigenvalue weighted by Gasteiger charge is 2.33. The van der Waals surface area contributed by atoms with Gasteiger partial charge in [-0.2, -0.15) is 0 Å². The molecule has 1 unspecified atom stereocenters. The first-order chi connectivity index (χ1) is 18.2. The fourth-order valence-corrected chi connectivity index (χ4v) is 3.97. The van der Waals surface area contributed by atoms with Crippen LogP contribution in [0.5, 0.6) is 5.75 Å². The second-order valence-electron chi connectivity index (χ2n) is 9.77. The Hall–Kier alpha value is -3.43. The van der Waals surface area contributed by atoms with Crippen molar-refractivity contribution in [3.05, 3.63) is 65.7 Å². The molecule has 0 aromatic heterocycles. The van der Waals surface area contributed by atoms with Crippen LogP contribution >= 0.6 is 0 Å². The molecule has 0 heterocycles. The van der Waals surface area contributed by atoms with Crippen LogP contribution in [0.2, 0.25) is 0 Å². The van der Waals surface area contributed by atoms with Gasteiger partial charge in [0, 0.05) is 18.9 Å². The van der Waals surface area contributed by atoms with Crippen LogP contribution in [0.3, 0.4) is 0 Å². The summed E-state index contributed by atoms with van der Waals surface area (Å²) >= 11 is 0. The van der Waals surface area contributed by atoms with Gasteiger partial charge in [0.1, 0.15) is 24.4 Å². The highest BCUT2D eigenvalue weighted by atomic mass is 16.5. The number of phenols is 1. The minimum absolute atomic E-state index is 0.0215. The summed E-state index contributed by atoms with van der Waals surface area (Å²) in [5.41, 5.74) is 7.70. The van der Waals surface area contributed by atoms with Crippen molar-refractivity contribution in [3.8, 4) is 5.75 Å². The van der Waals surface area contributed by atoms with Gasteiger partial charge in [-0.05, 0) is 55.0 Å². The van der Waals surface area contributed by atoms with Crippen LogP contribution in [-0.2, 0) is 32.1 Å². The summed E-state index contributed by atoms with van der Waals surface area (Å²) in [7, 11) is 0. The highest BCUT2D eigenvalue weighted by molar-refractivity contribution is 5.91. The van der Waals surface area contributed by atoms with Crippen molar-refractivity contribution in [1.29, 1.82) is 0 Å². The van der Waals surface area contributed by atoms with E-state index in [0.717, 1.165) is 30.4 Å². The first-order valence-electron chi connectivity index (χ1n) is 13.1. The molecule has 2 rings (SSSR count). The molecule has 3 atom stereocenters. The van der Waals surface area contributed by atoms with Gasteiger partial charge in [-0.25, -0.2) is 4.79 Å². The van der Waals surface area contributed by atoms with Gasteiger partial charge in [-0.15, -0.1) is 0 Å². The Kier molecular flexibility index (Phi) is 13.3. The van der Waals surface area contributed by atoms with Crippen molar-refractivity contribution in [3.63, 3.8) is 0 Å². The molecule has 0 saturated heterocycles. The lowest BCUT2D eigenvalue weighted by molar-refractivity contribution is -0.150. The van der Waals surface area contributed by atoms with E-state index in [1.54, 1.807) is 26.0 Å². The molecule has 208 valence electrons. The van der Waals surface area contributed by atoms with Crippen molar-refractivity contribution in [2.45, 2.75) is 64.6 Å². The Morgan fingerprint density at radius 3 is 2.18 bits per heavy atom. The minimum atomic E-state index is -1.09. The Morgan fingerprint density at radius 1 is 0.895 bits per heavy atom. The zero-order chi connectivity index (χ0) is 27.9. The average molecular weight is 528 g/mol. The number of carbonyl (C=O) groups is 3. The van der Waals surface area contributed by atoms with Crippen LogP contribution in [0.15, 0.2) is 54.6 Å². The van der Waals surface area contributed by atoms with Crippen molar-refractivity contribution < 1.29 is 29.3 Å². The molecule has 2 aromatic carbocycles. The van der Waals surface area contributed by atoms with E-state index in [1.165, 1.54) is 0 Å². The van der Waals surface area contributed by atoms with Gasteiger partial charge in [-0.1, -0.05) is 62.7 Å². The molecule has 2 amide bonds. The summed E-state index contributed by atoms with van der Waals surface area (Å²) in [6.07, 6.45) is 3.38. The lowest BCUT2D eigenvalue weighted by atomic mass is 9.97. The minimum Gasteiger partial charge on any atom is -0.508 e. The number of hydrogen-bond acceptors (Lipinski definition) is 7. The molecule has 0 bridgehead atoms. The van der Waals surface area contributed by atoms with E-state index in [2.05, 4.69) is 10.6 Å². The van der Waals surface area contributed by atoms with Crippen molar-refractivity contribution >= 4 is 17.8 Å². The van der Waals surface area contributed by atoms with Gasteiger partial charge in [0.05, 0.1) is 0 Å². The monoisotopic (exact) mass is 527 g/mol. The lowest BCUT2D eigenvalue weighted by Gasteiger charge is -2.28. The van der Waals surface area contributed by atoms with Gasteiger partial charge < -0.3 is 31.3 Å². The number of unbranched alkanes of at least 4 members (excludes halogenated alkanes) is 2. The van der Waals surface area contributed by atoms with E-state index in [4.69, 9.17) is 10.5 Å². The summed E-state index contributed by atoms with van der Waals surface area (Å²) in [5, 5.41) is 24.5. The fraction of sp³-hybridized carbons (Fsp3) is 0.483. The van der Waals surface area contributed by atoms with Gasteiger partial charge in [-0.3, -0.25) is 9.59 Å². The quantitative estimate of drug-likeness (QED) is 0.166. The van der Waals surface area contributed by atoms with Crippen molar-refractivity contribution in [2.75, 3.05) is 13.2 Å². The molecule has 0 aliphatic carbocycles. The summed E-state index contributed by atoms with van der Waals surface area (Å²) < 4.78 is 5.41. The number of hydrogen-bond donors (Lipinski definition) is 5. The maximum absolute atomic E-state index is 13.2. The topological polar surface area (TPSA) is 151 Å². The lowest BCUT2D eigenvalue weighted by Crippen LogP contribution is -2.57. The number of nitrogens with one attached hydrogen (secondary N) is 2. The Balaban J connectivity index is 1.89. The summed E-state index contributed by atoms with van der Waals surface area (Å²) in [6.45, 7) is 3.23. The molecule has 0 aliphatic rings. The Labute approximate surface area is 224 Å². The third-order valence-corrected chi connectivity index (χ3v) is 6.36. The molecule has 0 aliphatic heterocycles. The third kappa shape index (κ3) is 10.5. The summed E-state index contributed by atoms with van der Waals surface area (Å²) in [4.78, 5) is 38.6. The van der Waals surface area contributed by atoms with Gasteiger partial charge in [0.15, 0.2) is 0 Å². The van der Waals surface area contributed by atoms with Gasteiger partial charge in [0.2, 0.25) is 11.8 Å². The first-order valence-corrected chi connectivity index (χ1v) is 13.1. The number of rotatable bonds is 16. The molecule has 9 heteroatoms. The predicted octanol–water partition coefficient (Wildman–Crippen LogP) is 2.43. The SMILES string of the molecule is CC(C)[C@H](NC(=O)[C@@H](NC(=O)CCCCCc1ccc(O)cc1)C(CN)CO)C(=O)OCc1ccccc1. The van der Waals surface area contributed by atoms with Crippen LogP contribution in [0, 0.1) is 11.8 Å². The molecule has 0 saturated carbocycles. The van der Waals surface area contributed by atoms with Crippen LogP contribution in [-0.4, -0.2) is 53.2 Å². The zero-order valence-electron chi connectivity index (χ0n) is 22.3. The predicted molar refractivity (Wildman–Crippen MR) is 145 cm³/mol. The van der Waals surface area contributed by atoms with Crippen LogP contribution in [0.4, 0.5) is 0 Å². The molecular weight excluding hydrogens is 486 g/mol. The van der Waals surface area contributed by atoms with E-state index in [-0.39, 0.29) is 37.1 Å². The Bertz CT molecular complexity index is 993. The standard InChI is InChI=1S/C29H41N3O6/c1-20(2)26(29(37)38-19-22-10-6-3-7-11-22)32-28(36)27(23(17-30)18-33)31-25(35)12-8-4-5-9-21-13-15-24(34)16-14-21/h3,6-7,10-11,13-16,20,23,26-27,33-34H,4-5,8-9,12,17-19,30H2,1-2H3,(H,31,35)(H,32,36)/t23?,26-,27-/m0/s1. The highest BCUT2D eigenvalue weighted by Crippen LogP contribution is 2.14. The zero-order valence-corrected chi connectivity index (χ0v) is 22.3. The van der Waals surface area contributed by atoms with Crippen molar-refractivity contribution in [1.82, 2.24) is 10.6 Å². The molecular formula is C29H41N3O6. The van der Waals surface area contributed by atoms with E-state index in [9.17, 15) is 24.6 Å². The number of aliphatic hydroxyl groups is 1. The second kappa shape index (κ2) is 16.4. The number of esters is 1. The number of nitrogens with two attached hydrogens (primary N) is 1. The molecule has 38 heavy (non-hydrogen) atoms. The number of aryl methyl sites for hydroxylation is 1. The molecule has 0 fully saturated rings. The molecule has 0 radical (unpaired) electrons. The van der Waals surface area contributed by atoms with Crippen LogP contribution in [0.25, 0.3) is 0 Å². The molecule has 0 spiro atoms. The van der Waals surface area contributed by atoms with E-state index in [1.807, 2.05) is 42.5 Å². The maximum Gasteiger partial charge on any atom is 0.329 e. The molecule has 6 N–H and O–H groups in total. The number of carbonyl (C=O) groups excluding carboxylic acids is 3. The third-order valence-electron chi connectivity index (χ3n) is 6.36. The normalized spacial score (nSPS) is 13.4. The molecule has 2 aromatic rings. The van der Waals surface area contributed by atoms with Gasteiger partial charge >= 0.3 is 5.97 Å². The van der Waals surface area contributed by atoms with E-state index >= 15 is 0 Å². The number of phenolic OH excluding ortho intramolecular Hbond substituents is 1. The number of amides is 2. The number of benzene rings is 2. The summed E-state index contributed by atoms with van der Waals surface area (Å²) in [6, 6.07) is 14.2. The fourth-order valence-electron chi connectivity index (χ4n) is 3.97. The largest absolute Gasteiger partial charge is 0.508 e. The smallest absolute Gasteiger partial charge is 0.329 e. The number of aliphatic hydroxyl groups excluding tert-OH is 1. The Morgan fingerprint density at radius 2 is 1.58 bits per heavy atom. The second-order valence-corrected chi connectivity index (χ2v) is 9.77. The van der Waals surface area contributed by atoms with Crippen LogP contribution < -0.4 is 16.4 Å². The van der Waals surface area contributed by atoms with Gasteiger partial charge in [0.25, 0.3) is 0 Å². The molecule has 9 nitrogen and oxygen atoms in total. The van der Waals surface area contributed by atoms with Crippen LogP contribution in [0.1, 0.15) is 50.7 Å². The maximum atomic E-state index is 13.2.